The van der Waals surface area contributed by atoms with Crippen LogP contribution < -0.4 is 0 Å². The van der Waals surface area contributed by atoms with Gasteiger partial charge >= 0.3 is 6.09 Å². The van der Waals surface area contributed by atoms with E-state index in [1.807, 2.05) is 6.92 Å². The summed E-state index contributed by atoms with van der Waals surface area (Å²) in [7, 11) is 0. The van der Waals surface area contributed by atoms with E-state index >= 15 is 0 Å². The van der Waals surface area contributed by atoms with Crippen LogP contribution in [-0.4, -0.2) is 71.1 Å². The highest BCUT2D eigenvalue weighted by Crippen LogP contribution is 2.78. The molecule has 0 aromatic carbocycles. The summed E-state index contributed by atoms with van der Waals surface area (Å²) in [5.41, 5.74) is -1.30. The fraction of sp³-hybridized carbons (Fsp3) is 0.838. The van der Waals surface area contributed by atoms with Crippen molar-refractivity contribution in [2.45, 2.75) is 128 Å². The fourth-order valence-corrected chi connectivity index (χ4v) is 12.0. The Kier molecular flexibility index (Phi) is 7.69. The van der Waals surface area contributed by atoms with Gasteiger partial charge in [-0.05, 0) is 94.8 Å². The Morgan fingerprint density at radius 3 is 2.41 bits per heavy atom. The number of allylic oxidation sites excluding steroid dienone is 4. The minimum atomic E-state index is -1.09. The van der Waals surface area contributed by atoms with E-state index in [9.17, 15) is 19.8 Å². The van der Waals surface area contributed by atoms with Gasteiger partial charge in [0.05, 0.1) is 37.5 Å². The monoisotopic (exact) mass is 609 g/mol. The maximum absolute atomic E-state index is 14.7. The van der Waals surface area contributed by atoms with Gasteiger partial charge in [-0.2, -0.15) is 0 Å². The molecule has 2 bridgehead atoms. The zero-order valence-corrected chi connectivity index (χ0v) is 27.3. The predicted octanol–water partition coefficient (Wildman–Crippen LogP) is 6.36. The first-order valence-corrected chi connectivity index (χ1v) is 17.9. The van der Waals surface area contributed by atoms with Gasteiger partial charge in [-0.3, -0.25) is 4.79 Å². The van der Waals surface area contributed by atoms with E-state index in [-0.39, 0.29) is 47.5 Å². The van der Waals surface area contributed by atoms with Crippen LogP contribution in [0.1, 0.15) is 111 Å². The largest absolute Gasteiger partial charge is 0.450 e. The van der Waals surface area contributed by atoms with Crippen LogP contribution in [0.25, 0.3) is 0 Å². The van der Waals surface area contributed by atoms with Gasteiger partial charge in [-0.25, -0.2) is 4.79 Å². The molecule has 5 fully saturated rings. The molecule has 244 valence electrons. The molecule has 0 radical (unpaired) electrons. The van der Waals surface area contributed by atoms with Crippen LogP contribution in [0.3, 0.4) is 0 Å². The molecule has 2 spiro atoms. The van der Waals surface area contributed by atoms with Crippen LogP contribution in [0.5, 0.6) is 0 Å². The number of ether oxygens (including phenoxy) is 2. The van der Waals surface area contributed by atoms with E-state index in [2.05, 4.69) is 32.1 Å². The van der Waals surface area contributed by atoms with Crippen LogP contribution in [0, 0.1) is 39.4 Å². The van der Waals surface area contributed by atoms with E-state index in [0.29, 0.717) is 44.3 Å². The fourth-order valence-electron chi connectivity index (χ4n) is 12.0. The lowest BCUT2D eigenvalue weighted by atomic mass is 9.32. The number of fused-ring (bicyclic) bond motifs is 1. The summed E-state index contributed by atoms with van der Waals surface area (Å²) in [6, 6.07) is 0. The Morgan fingerprint density at radius 1 is 0.955 bits per heavy atom. The summed E-state index contributed by atoms with van der Waals surface area (Å²) >= 11 is 0. The van der Waals surface area contributed by atoms with Crippen molar-refractivity contribution in [1.82, 2.24) is 4.90 Å². The van der Waals surface area contributed by atoms with Gasteiger partial charge in [0.2, 0.25) is 0 Å². The first kappa shape index (κ1) is 30.9. The molecule has 8 aliphatic rings. The summed E-state index contributed by atoms with van der Waals surface area (Å²) in [6.45, 7) is 8.18. The van der Waals surface area contributed by atoms with E-state index in [1.165, 1.54) is 6.42 Å². The molecule has 7 heteroatoms. The number of ketones is 1. The predicted molar refractivity (Wildman–Crippen MR) is 168 cm³/mol. The van der Waals surface area contributed by atoms with Crippen molar-refractivity contribution >= 4 is 11.9 Å². The van der Waals surface area contributed by atoms with Crippen molar-refractivity contribution in [3.63, 3.8) is 0 Å². The number of Topliss-reactive ketones (excluding diaryl/α,β-unsaturated/α-hetero) is 1. The van der Waals surface area contributed by atoms with Crippen molar-refractivity contribution in [1.29, 1.82) is 0 Å². The van der Waals surface area contributed by atoms with Gasteiger partial charge in [0.15, 0.2) is 5.78 Å². The summed E-state index contributed by atoms with van der Waals surface area (Å²) in [5.74, 6) is 0.816. The zero-order chi connectivity index (χ0) is 31.0. The van der Waals surface area contributed by atoms with Crippen molar-refractivity contribution in [3.05, 3.63) is 23.8 Å². The molecular weight excluding hydrogens is 554 g/mol. The second kappa shape index (κ2) is 10.9. The first-order chi connectivity index (χ1) is 21.0. The second-order valence-electron chi connectivity index (χ2n) is 16.2. The molecule has 8 rings (SSSR count). The molecule has 1 heterocycles. The molecule has 4 saturated carbocycles. The van der Waals surface area contributed by atoms with E-state index in [0.717, 1.165) is 76.2 Å². The molecule has 7 aliphatic carbocycles. The summed E-state index contributed by atoms with van der Waals surface area (Å²) in [6.07, 6.45) is 19.4. The Bertz CT molecular complexity index is 1220. The van der Waals surface area contributed by atoms with Crippen LogP contribution in [0.2, 0.25) is 0 Å². The number of hydrogen-bond donors (Lipinski definition) is 2. The smallest absolute Gasteiger partial charge is 0.409 e. The molecular formula is C37H55NO6. The van der Waals surface area contributed by atoms with Gasteiger partial charge < -0.3 is 24.6 Å². The Morgan fingerprint density at radius 2 is 1.68 bits per heavy atom. The number of carbonyl (C=O) groups is 2. The standard InChI is InChI=1S/C37H55NO6/c1-4-43-32(41)38(23-27-11-8-20-44-27)24-36(42)17-14-30-34(36,3)16-13-29-33(2)15-12-26(39)21-35(33)18-19-37(29,30)28(22-35)31(40)25-9-6-5-7-10-25/h18-19,22,25-27,29-30,39,42H,4-17,20-21,23-24H2,1-3H3. The molecule has 9 atom stereocenters. The number of rotatable bonds is 7. The number of aliphatic hydroxyl groups is 2. The number of amides is 1. The lowest BCUT2D eigenvalue weighted by Crippen LogP contribution is -2.67. The molecule has 1 saturated heterocycles. The zero-order valence-electron chi connectivity index (χ0n) is 27.3. The minimum absolute atomic E-state index is 0.0284. The quantitative estimate of drug-likeness (QED) is 0.326. The molecule has 2 N–H and O–H groups in total. The first-order valence-electron chi connectivity index (χ1n) is 17.9. The molecule has 0 aromatic heterocycles. The van der Waals surface area contributed by atoms with Gasteiger partial charge in [0.25, 0.3) is 0 Å². The van der Waals surface area contributed by atoms with Gasteiger partial charge in [-0.1, -0.05) is 51.3 Å². The minimum Gasteiger partial charge on any atom is -0.450 e. The Balaban J connectivity index is 1.28. The average Bonchev–Trinajstić information content (AvgIpc) is 3.62. The second-order valence-corrected chi connectivity index (χ2v) is 16.2. The lowest BCUT2D eigenvalue weighted by Gasteiger charge is -2.71. The number of carbonyl (C=O) groups excluding carboxylic acids is 2. The topological polar surface area (TPSA) is 96.3 Å². The molecule has 7 nitrogen and oxygen atoms in total. The van der Waals surface area contributed by atoms with E-state index in [4.69, 9.17) is 9.47 Å². The average molecular weight is 610 g/mol. The van der Waals surface area contributed by atoms with E-state index < -0.39 is 16.4 Å². The molecule has 1 aliphatic heterocycles. The number of aliphatic hydroxyl groups excluding tert-OH is 1. The van der Waals surface area contributed by atoms with Crippen LogP contribution in [0.15, 0.2) is 23.8 Å². The SMILES string of the molecule is CCOC(=O)N(CC1CCCO1)CC1(O)CCC2C34C=CC5(C=C3C(=O)C3CCCCC3)CC(O)CCC5(C)C4CCC21C. The van der Waals surface area contributed by atoms with E-state index in [1.54, 1.807) is 4.90 Å². The Labute approximate surface area is 263 Å². The van der Waals surface area contributed by atoms with Crippen LogP contribution in [0.4, 0.5) is 4.79 Å². The lowest BCUT2D eigenvalue weighted by molar-refractivity contribution is -0.179. The van der Waals surface area contributed by atoms with Gasteiger partial charge in [-0.15, -0.1) is 0 Å². The summed E-state index contributed by atoms with van der Waals surface area (Å²) in [4.78, 5) is 29.7. The van der Waals surface area contributed by atoms with Gasteiger partial charge in [0, 0.05) is 34.3 Å². The highest BCUT2D eigenvalue weighted by molar-refractivity contribution is 6.00. The van der Waals surface area contributed by atoms with Crippen LogP contribution in [-0.2, 0) is 14.3 Å². The highest BCUT2D eigenvalue weighted by Gasteiger charge is 2.74. The summed E-state index contributed by atoms with van der Waals surface area (Å²) < 4.78 is 11.4. The normalized spacial score (nSPS) is 46.2. The van der Waals surface area contributed by atoms with Crippen molar-refractivity contribution in [2.75, 3.05) is 26.3 Å². The van der Waals surface area contributed by atoms with Gasteiger partial charge in [0.1, 0.15) is 0 Å². The Hall–Kier alpha value is -1.70. The third-order valence-electron chi connectivity index (χ3n) is 14.4. The molecule has 9 unspecified atom stereocenters. The van der Waals surface area contributed by atoms with Crippen molar-refractivity contribution in [3.8, 4) is 0 Å². The third-order valence-corrected chi connectivity index (χ3v) is 14.4. The number of hydrogen-bond acceptors (Lipinski definition) is 6. The molecule has 1 amide bonds. The third kappa shape index (κ3) is 4.30. The maximum atomic E-state index is 14.7. The van der Waals surface area contributed by atoms with Crippen molar-refractivity contribution < 1.29 is 29.3 Å². The van der Waals surface area contributed by atoms with Crippen molar-refractivity contribution in [2.24, 2.45) is 39.4 Å². The van der Waals surface area contributed by atoms with Crippen LogP contribution >= 0.6 is 0 Å². The summed E-state index contributed by atoms with van der Waals surface area (Å²) in [5, 5.41) is 23.7. The maximum Gasteiger partial charge on any atom is 0.409 e. The number of nitrogens with zero attached hydrogens (tertiary/aromatic N) is 1. The highest BCUT2D eigenvalue weighted by atomic mass is 16.6. The molecule has 44 heavy (non-hydrogen) atoms. The molecule has 0 aromatic rings.